The fraction of sp³-hybridized carbons (Fsp3) is 0.0930. The Balaban J connectivity index is 1.29. The van der Waals surface area contributed by atoms with E-state index < -0.39 is 15.4 Å². The maximum Gasteiger partial charge on any atom is 0.190 e. The number of halogens is 1. The lowest BCUT2D eigenvalue weighted by Crippen LogP contribution is -2.38. The van der Waals surface area contributed by atoms with E-state index in [4.69, 9.17) is 5.10 Å². The molecule has 3 aromatic heterocycles. The maximum absolute atomic E-state index is 14.3. The van der Waals surface area contributed by atoms with E-state index in [1.807, 2.05) is 83.5 Å². The first-order chi connectivity index (χ1) is 25.4. The Morgan fingerprint density at radius 1 is 0.673 bits per heavy atom. The van der Waals surface area contributed by atoms with Gasteiger partial charge in [-0.3, -0.25) is 4.68 Å². The van der Waals surface area contributed by atoms with Gasteiger partial charge in [0, 0.05) is 22.7 Å². The fourth-order valence-electron chi connectivity index (χ4n) is 7.08. The Kier molecular flexibility index (Phi) is 7.90. The third-order valence-corrected chi connectivity index (χ3v) is 13.6. The molecule has 0 atom stereocenters. The lowest BCUT2D eigenvalue weighted by Gasteiger charge is -2.36. The van der Waals surface area contributed by atoms with Gasteiger partial charge in [0.2, 0.25) is 0 Å². The molecule has 1 saturated carbocycles. The van der Waals surface area contributed by atoms with Crippen molar-refractivity contribution in [3.8, 4) is 33.0 Å². The van der Waals surface area contributed by atoms with Crippen LogP contribution in [-0.4, -0.2) is 33.4 Å². The highest BCUT2D eigenvalue weighted by atomic mass is 32.2. The molecule has 52 heavy (non-hydrogen) atoms. The van der Waals surface area contributed by atoms with Crippen LogP contribution in [-0.2, 0) is 15.4 Å². The number of thiophene rings is 1. The Morgan fingerprint density at radius 3 is 1.87 bits per heavy atom. The molecule has 1 aliphatic rings. The predicted octanol–water partition coefficient (Wildman–Crippen LogP) is 9.80. The van der Waals surface area contributed by atoms with Gasteiger partial charge >= 0.3 is 0 Å². The summed E-state index contributed by atoms with van der Waals surface area (Å²) in [5.74, 6) is -0.330. The highest BCUT2D eigenvalue weighted by Crippen LogP contribution is 2.44. The zero-order valence-corrected chi connectivity index (χ0v) is 29.4. The molecule has 0 saturated heterocycles. The molecule has 0 radical (unpaired) electrons. The minimum atomic E-state index is -3.34. The minimum Gasteiger partial charge on any atom is -0.252 e. The van der Waals surface area contributed by atoms with Crippen LogP contribution < -0.4 is 0 Å². The number of hydrogen-bond donors (Lipinski definition) is 0. The van der Waals surface area contributed by atoms with Gasteiger partial charge in [-0.15, -0.1) is 11.3 Å². The highest BCUT2D eigenvalue weighted by Gasteiger charge is 2.40. The second-order valence-electron chi connectivity index (χ2n) is 13.0. The van der Waals surface area contributed by atoms with E-state index in [0.717, 1.165) is 49.2 Å². The Labute approximate surface area is 304 Å². The lowest BCUT2D eigenvalue weighted by molar-refractivity contribution is 0.461. The van der Waals surface area contributed by atoms with Crippen molar-refractivity contribution in [1.29, 1.82) is 0 Å². The number of sulfone groups is 1. The van der Waals surface area contributed by atoms with Crippen molar-refractivity contribution in [3.05, 3.63) is 181 Å². The molecular weight excluding hydrogens is 688 g/mol. The van der Waals surface area contributed by atoms with Gasteiger partial charge < -0.3 is 0 Å². The van der Waals surface area contributed by atoms with Crippen LogP contribution in [0.2, 0.25) is 0 Å². The third-order valence-electron chi connectivity index (χ3n) is 9.75. The van der Waals surface area contributed by atoms with Crippen molar-refractivity contribution in [2.75, 3.05) is 0 Å². The van der Waals surface area contributed by atoms with Crippen molar-refractivity contribution in [2.24, 2.45) is 0 Å². The average molecular weight is 719 g/mol. The molecule has 3 heterocycles. The first-order valence-corrected chi connectivity index (χ1v) is 19.4. The Morgan fingerprint density at radius 2 is 1.27 bits per heavy atom. The van der Waals surface area contributed by atoms with E-state index in [1.165, 1.54) is 29.8 Å². The Bertz CT molecular complexity index is 2560. The molecule has 0 spiro atoms. The summed E-state index contributed by atoms with van der Waals surface area (Å²) in [5, 5.41) is 5.90. The topological polar surface area (TPSA) is 77.7 Å². The maximum atomic E-state index is 14.3. The molecule has 9 rings (SSSR count). The van der Waals surface area contributed by atoms with Crippen LogP contribution in [0.4, 0.5) is 4.39 Å². The van der Waals surface area contributed by atoms with E-state index in [-0.39, 0.29) is 11.1 Å². The van der Waals surface area contributed by atoms with Crippen molar-refractivity contribution < 1.29 is 12.8 Å². The standard InChI is InChI=1S/C43H31FN4O2S2/c44-34-19-16-29(17-20-34)41-37(30-18-23-38-36(26-30)42(46-28-45-38)39-24-25-40(51-39)52(49,50)35-21-22-35)27-48(47-41)43(31-10-4-1-5-11-31,32-12-6-2-7-13-32)33-14-8-3-9-15-33/h1-20,23-28,35H,21-22H2. The monoisotopic (exact) mass is 718 g/mol. The summed E-state index contributed by atoms with van der Waals surface area (Å²) in [6.45, 7) is 0. The highest BCUT2D eigenvalue weighted by molar-refractivity contribution is 7.94. The van der Waals surface area contributed by atoms with E-state index in [0.29, 0.717) is 28.4 Å². The largest absolute Gasteiger partial charge is 0.252 e. The minimum absolute atomic E-state index is 0.288. The first kappa shape index (κ1) is 32.2. The summed E-state index contributed by atoms with van der Waals surface area (Å²) in [6.07, 6.45) is 5.00. The molecule has 8 aromatic rings. The molecule has 254 valence electrons. The van der Waals surface area contributed by atoms with Crippen LogP contribution in [0.15, 0.2) is 162 Å². The van der Waals surface area contributed by atoms with E-state index in [1.54, 1.807) is 18.2 Å². The summed E-state index contributed by atoms with van der Waals surface area (Å²) in [7, 11) is -3.34. The van der Waals surface area contributed by atoms with Crippen LogP contribution in [0.25, 0.3) is 43.9 Å². The number of rotatable bonds is 9. The molecule has 0 unspecified atom stereocenters. The van der Waals surface area contributed by atoms with Gasteiger partial charge in [0.25, 0.3) is 0 Å². The molecule has 1 aliphatic carbocycles. The molecule has 0 amide bonds. The summed E-state index contributed by atoms with van der Waals surface area (Å²) < 4.78 is 42.9. The molecule has 5 aromatic carbocycles. The SMILES string of the molecule is O=S(=O)(c1ccc(-c2ncnc3ccc(-c4cn(C(c5ccccc5)(c5ccccc5)c5ccccc5)nc4-c4ccc(F)cc4)cc23)s1)C1CC1. The fourth-order valence-corrected chi connectivity index (χ4v) is 10.3. The van der Waals surface area contributed by atoms with Gasteiger partial charge in [-0.25, -0.2) is 22.8 Å². The van der Waals surface area contributed by atoms with Crippen LogP contribution in [0.1, 0.15) is 29.5 Å². The smallest absolute Gasteiger partial charge is 0.190 e. The zero-order chi connectivity index (χ0) is 35.3. The van der Waals surface area contributed by atoms with Crippen LogP contribution in [0, 0.1) is 5.82 Å². The normalized spacial score (nSPS) is 13.4. The molecular formula is C43H31FN4O2S2. The van der Waals surface area contributed by atoms with E-state index >= 15 is 0 Å². The number of hydrogen-bond acceptors (Lipinski definition) is 6. The summed E-state index contributed by atoms with van der Waals surface area (Å²) >= 11 is 1.25. The first-order valence-electron chi connectivity index (χ1n) is 17.0. The molecule has 9 heteroatoms. The molecule has 1 fully saturated rings. The second-order valence-corrected chi connectivity index (χ2v) is 16.5. The second kappa shape index (κ2) is 12.8. The number of fused-ring (bicyclic) bond motifs is 1. The van der Waals surface area contributed by atoms with Crippen LogP contribution in [0.3, 0.4) is 0 Å². The van der Waals surface area contributed by atoms with Gasteiger partial charge in [0.1, 0.15) is 27.6 Å². The van der Waals surface area contributed by atoms with Crippen molar-refractivity contribution >= 4 is 32.1 Å². The summed E-state index contributed by atoms with van der Waals surface area (Å²) in [6, 6.07) is 47.0. The van der Waals surface area contributed by atoms with Crippen LogP contribution >= 0.6 is 11.3 Å². The number of benzene rings is 5. The van der Waals surface area contributed by atoms with Crippen molar-refractivity contribution in [2.45, 2.75) is 27.8 Å². The zero-order valence-electron chi connectivity index (χ0n) is 27.8. The molecule has 0 aliphatic heterocycles. The quantitative estimate of drug-likeness (QED) is 0.139. The van der Waals surface area contributed by atoms with E-state index in [2.05, 4.69) is 52.6 Å². The molecule has 0 N–H and O–H groups in total. The van der Waals surface area contributed by atoms with Crippen LogP contribution in [0.5, 0.6) is 0 Å². The summed E-state index contributed by atoms with van der Waals surface area (Å²) in [4.78, 5) is 9.98. The van der Waals surface area contributed by atoms with Gasteiger partial charge in [0.15, 0.2) is 9.84 Å². The van der Waals surface area contributed by atoms with Crippen molar-refractivity contribution in [1.82, 2.24) is 19.7 Å². The van der Waals surface area contributed by atoms with Gasteiger partial charge in [0.05, 0.1) is 21.3 Å². The average Bonchev–Trinajstić information content (AvgIpc) is 3.78. The number of aromatic nitrogens is 4. The predicted molar refractivity (Wildman–Crippen MR) is 204 cm³/mol. The van der Waals surface area contributed by atoms with Gasteiger partial charge in [-0.1, -0.05) is 97.1 Å². The third kappa shape index (κ3) is 5.44. The lowest BCUT2D eigenvalue weighted by atomic mass is 9.77. The molecule has 0 bridgehead atoms. The van der Waals surface area contributed by atoms with Gasteiger partial charge in [-0.2, -0.15) is 5.10 Å². The Hall–Kier alpha value is -5.77. The van der Waals surface area contributed by atoms with Crippen molar-refractivity contribution in [3.63, 3.8) is 0 Å². The van der Waals surface area contributed by atoms with E-state index in [9.17, 15) is 12.8 Å². The number of nitrogens with zero attached hydrogens (tertiary/aromatic N) is 4. The summed E-state index contributed by atoms with van der Waals surface area (Å²) in [5.41, 5.74) is 6.73. The molecule has 6 nitrogen and oxygen atoms in total. The van der Waals surface area contributed by atoms with Gasteiger partial charge in [-0.05, 0) is 83.6 Å².